The van der Waals surface area contributed by atoms with Crippen molar-refractivity contribution >= 4 is 0 Å². The summed E-state index contributed by atoms with van der Waals surface area (Å²) in [7, 11) is 2.12. The van der Waals surface area contributed by atoms with E-state index in [4.69, 9.17) is 0 Å². The predicted octanol–water partition coefficient (Wildman–Crippen LogP) is 3.38. The summed E-state index contributed by atoms with van der Waals surface area (Å²) < 4.78 is 0. The minimum absolute atomic E-state index is 0. The van der Waals surface area contributed by atoms with Crippen molar-refractivity contribution in [1.29, 1.82) is 0 Å². The topological polar surface area (TPSA) is 27.3 Å². The van der Waals surface area contributed by atoms with Crippen LogP contribution in [0.25, 0.3) is 0 Å². The van der Waals surface area contributed by atoms with E-state index in [9.17, 15) is 0 Å². The molecule has 0 rings (SSSR count). The van der Waals surface area contributed by atoms with E-state index in [-0.39, 0.29) is 29.7 Å². The van der Waals surface area contributed by atoms with Gasteiger partial charge in [0.05, 0.1) is 0 Å². The molecule has 0 aromatic rings. The maximum Gasteiger partial charge on any atom is 0.0489 e. The number of hydrogen-bond acceptors (Lipinski definition) is 3. The van der Waals surface area contributed by atoms with Gasteiger partial charge in [-0.2, -0.15) is 0 Å². The number of nitrogens with zero attached hydrogens (tertiary/aromatic N) is 1. The molecule has 0 amide bonds. The van der Waals surface area contributed by atoms with Crippen LogP contribution in [-0.4, -0.2) is 38.4 Å². The molecule has 3 nitrogen and oxygen atoms in total. The monoisotopic (exact) mass is 237 g/mol. The maximum atomic E-state index is 3.35. The molecule has 16 heavy (non-hydrogen) atoms. The molecule has 106 valence electrons. The first-order valence-electron chi connectivity index (χ1n) is 4.91. The first-order valence-corrected chi connectivity index (χ1v) is 4.91. The lowest BCUT2D eigenvalue weighted by Crippen LogP contribution is -2.38. The van der Waals surface area contributed by atoms with E-state index in [1.54, 1.807) is 0 Å². The van der Waals surface area contributed by atoms with Crippen LogP contribution in [0.4, 0.5) is 0 Å². The Morgan fingerprint density at radius 3 is 1.31 bits per heavy atom. The molecule has 0 aromatic carbocycles. The normalized spacial score (nSPS) is 8.25. The fourth-order valence-corrected chi connectivity index (χ4v) is 0.949. The molecule has 0 aliphatic carbocycles. The van der Waals surface area contributed by atoms with Crippen molar-refractivity contribution in [3.05, 3.63) is 0 Å². The Kier molecular flexibility index (Phi) is 45.0. The highest BCUT2D eigenvalue weighted by Gasteiger charge is 1.93. The van der Waals surface area contributed by atoms with Crippen LogP contribution < -0.4 is 10.6 Å². The average Bonchev–Trinajstić information content (AvgIpc) is 2.06. The Labute approximate surface area is 106 Å². The zero-order chi connectivity index (χ0) is 9.23. The van der Waals surface area contributed by atoms with Gasteiger partial charge in [0.25, 0.3) is 0 Å². The quantitative estimate of drug-likeness (QED) is 0.501. The van der Waals surface area contributed by atoms with Crippen molar-refractivity contribution in [2.45, 2.75) is 56.4 Å². The summed E-state index contributed by atoms with van der Waals surface area (Å²) in [5, 5.41) is 6.70. The van der Waals surface area contributed by atoms with Gasteiger partial charge in [-0.1, -0.05) is 43.6 Å². The standard InChI is InChI=1S/C9H23N3.4CH4/c1-4-6-10-8-12(3)9-11-7-5-2;;;;/h10-11H,4-9H2,1-3H3;4*1H4. The summed E-state index contributed by atoms with van der Waals surface area (Å²) in [5.74, 6) is 0. The van der Waals surface area contributed by atoms with Gasteiger partial charge in [0, 0.05) is 13.3 Å². The molecular formula is C13H39N3. The van der Waals surface area contributed by atoms with Crippen LogP contribution in [0.5, 0.6) is 0 Å². The third-order valence-electron chi connectivity index (χ3n) is 1.62. The van der Waals surface area contributed by atoms with Gasteiger partial charge < -0.3 is 10.6 Å². The number of nitrogens with one attached hydrogen (secondary N) is 2. The number of rotatable bonds is 8. The summed E-state index contributed by atoms with van der Waals surface area (Å²) in [4.78, 5) is 2.24. The molecule has 0 fully saturated rings. The fourth-order valence-electron chi connectivity index (χ4n) is 0.949. The average molecular weight is 237 g/mol. The molecule has 0 aromatic heterocycles. The SMILES string of the molecule is C.C.C.C.CCCNCN(C)CNCCC. The van der Waals surface area contributed by atoms with Crippen LogP contribution in [0.1, 0.15) is 56.4 Å². The molecule has 0 aliphatic rings. The van der Waals surface area contributed by atoms with Crippen LogP contribution in [-0.2, 0) is 0 Å². The van der Waals surface area contributed by atoms with Gasteiger partial charge in [0.1, 0.15) is 0 Å². The highest BCUT2D eigenvalue weighted by molar-refractivity contribution is 4.48. The molecule has 3 heteroatoms. The second-order valence-corrected chi connectivity index (χ2v) is 3.17. The van der Waals surface area contributed by atoms with Crippen LogP contribution >= 0.6 is 0 Å². The van der Waals surface area contributed by atoms with Crippen molar-refractivity contribution in [1.82, 2.24) is 15.5 Å². The van der Waals surface area contributed by atoms with Crippen LogP contribution in [0.15, 0.2) is 0 Å². The summed E-state index contributed by atoms with van der Waals surface area (Å²) >= 11 is 0. The summed E-state index contributed by atoms with van der Waals surface area (Å²) in [5.41, 5.74) is 0. The molecule has 0 saturated carbocycles. The van der Waals surface area contributed by atoms with Crippen molar-refractivity contribution in [2.24, 2.45) is 0 Å². The maximum absolute atomic E-state index is 3.35. The first kappa shape index (κ1) is 29.7. The van der Waals surface area contributed by atoms with Gasteiger partial charge in [0.2, 0.25) is 0 Å². The van der Waals surface area contributed by atoms with Crippen molar-refractivity contribution in [3.8, 4) is 0 Å². The van der Waals surface area contributed by atoms with Crippen molar-refractivity contribution in [2.75, 3.05) is 33.5 Å². The van der Waals surface area contributed by atoms with Crippen molar-refractivity contribution in [3.63, 3.8) is 0 Å². The molecular weight excluding hydrogens is 198 g/mol. The lowest BCUT2D eigenvalue weighted by molar-refractivity contribution is 0.284. The highest BCUT2D eigenvalue weighted by Crippen LogP contribution is 1.77. The molecule has 0 aliphatic heterocycles. The van der Waals surface area contributed by atoms with E-state index < -0.39 is 0 Å². The minimum atomic E-state index is 0. The molecule has 0 heterocycles. The molecule has 0 saturated heterocycles. The second kappa shape index (κ2) is 24.2. The predicted molar refractivity (Wildman–Crippen MR) is 81.0 cm³/mol. The molecule has 0 radical (unpaired) electrons. The fraction of sp³-hybridized carbons (Fsp3) is 1.00. The van der Waals surface area contributed by atoms with E-state index in [0.717, 1.165) is 26.4 Å². The molecule has 2 N–H and O–H groups in total. The third kappa shape index (κ3) is 23.6. The number of hydrogen-bond donors (Lipinski definition) is 2. The Morgan fingerprint density at radius 1 is 0.750 bits per heavy atom. The minimum Gasteiger partial charge on any atom is -0.304 e. The Morgan fingerprint density at radius 2 is 1.06 bits per heavy atom. The van der Waals surface area contributed by atoms with Gasteiger partial charge in [-0.15, -0.1) is 0 Å². The Bertz CT molecular complexity index is 77.2. The lowest BCUT2D eigenvalue weighted by atomic mass is 10.5. The Hall–Kier alpha value is -0.120. The van der Waals surface area contributed by atoms with Gasteiger partial charge in [-0.05, 0) is 33.0 Å². The molecule has 0 bridgehead atoms. The van der Waals surface area contributed by atoms with Gasteiger partial charge in [-0.3, -0.25) is 4.90 Å². The van der Waals surface area contributed by atoms with Crippen LogP contribution in [0.3, 0.4) is 0 Å². The van der Waals surface area contributed by atoms with E-state index >= 15 is 0 Å². The van der Waals surface area contributed by atoms with Gasteiger partial charge in [-0.25, -0.2) is 0 Å². The van der Waals surface area contributed by atoms with E-state index in [0.29, 0.717) is 0 Å². The van der Waals surface area contributed by atoms with Crippen LogP contribution in [0.2, 0.25) is 0 Å². The molecule has 0 spiro atoms. The van der Waals surface area contributed by atoms with Crippen molar-refractivity contribution < 1.29 is 0 Å². The van der Waals surface area contributed by atoms with E-state index in [1.807, 2.05) is 0 Å². The Balaban J connectivity index is -0.000000101. The zero-order valence-corrected chi connectivity index (χ0v) is 8.69. The summed E-state index contributed by atoms with van der Waals surface area (Å²) in [6.07, 6.45) is 2.41. The largest absolute Gasteiger partial charge is 0.304 e. The third-order valence-corrected chi connectivity index (χ3v) is 1.62. The molecule has 0 atom stereocenters. The van der Waals surface area contributed by atoms with Crippen LogP contribution in [0, 0.1) is 0 Å². The van der Waals surface area contributed by atoms with Gasteiger partial charge in [0.15, 0.2) is 0 Å². The lowest BCUT2D eigenvalue weighted by Gasteiger charge is -2.17. The van der Waals surface area contributed by atoms with E-state index in [1.165, 1.54) is 12.8 Å². The first-order chi connectivity index (χ1) is 5.81. The highest BCUT2D eigenvalue weighted by atomic mass is 15.3. The van der Waals surface area contributed by atoms with E-state index in [2.05, 4.69) is 36.4 Å². The van der Waals surface area contributed by atoms with Gasteiger partial charge >= 0.3 is 0 Å². The molecule has 0 unspecified atom stereocenters. The smallest absolute Gasteiger partial charge is 0.0489 e. The second-order valence-electron chi connectivity index (χ2n) is 3.17. The zero-order valence-electron chi connectivity index (χ0n) is 8.69. The summed E-state index contributed by atoms with van der Waals surface area (Å²) in [6, 6.07) is 0. The summed E-state index contributed by atoms with van der Waals surface area (Å²) in [6.45, 7) is 8.54.